The normalized spacial score (nSPS) is 21.1. The number of hydrogen-bond acceptors (Lipinski definition) is 3. The summed E-state index contributed by atoms with van der Waals surface area (Å²) in [6.45, 7) is 12.6. The van der Waals surface area contributed by atoms with E-state index in [2.05, 4.69) is 6.08 Å². The van der Waals surface area contributed by atoms with Crippen LogP contribution in [-0.2, 0) is 4.18 Å². The number of nitrogens with zero attached hydrogens (tertiary/aromatic N) is 1. The third-order valence-corrected chi connectivity index (χ3v) is 3.66. The second kappa shape index (κ2) is 14.9. The summed E-state index contributed by atoms with van der Waals surface area (Å²) in [5.41, 5.74) is 1.08. The molecule has 1 aliphatic heterocycles. The van der Waals surface area contributed by atoms with Crippen molar-refractivity contribution < 1.29 is 13.0 Å². The first-order chi connectivity index (χ1) is 10.5. The van der Waals surface area contributed by atoms with Crippen LogP contribution in [0.2, 0.25) is 0 Å². The Morgan fingerprint density at radius 1 is 1.36 bits per heavy atom. The average molecular weight is 449 g/mol. The van der Waals surface area contributed by atoms with Gasteiger partial charge in [-0.25, -0.2) is 8.78 Å². The van der Waals surface area contributed by atoms with Gasteiger partial charge >= 0.3 is 0 Å². The Bertz CT molecular complexity index is 325. The highest BCUT2D eigenvalue weighted by molar-refractivity contribution is 14.2. The molecule has 1 atom stereocenters. The van der Waals surface area contributed by atoms with Crippen LogP contribution in [0.3, 0.4) is 0 Å². The molecule has 1 rings (SSSR count). The Labute approximate surface area is 151 Å². The van der Waals surface area contributed by atoms with Crippen LogP contribution in [-0.4, -0.2) is 36.6 Å². The van der Waals surface area contributed by atoms with Crippen LogP contribution in [0.5, 0.6) is 0 Å². The van der Waals surface area contributed by atoms with E-state index in [1.54, 1.807) is 4.90 Å². The molecule has 132 valence electrons. The molecule has 0 aromatic rings. The summed E-state index contributed by atoms with van der Waals surface area (Å²) in [5, 5.41) is 0. The molecule has 0 amide bonds. The van der Waals surface area contributed by atoms with Crippen molar-refractivity contribution in [3.05, 3.63) is 23.8 Å². The van der Waals surface area contributed by atoms with E-state index in [-0.39, 0.29) is 13.1 Å². The van der Waals surface area contributed by atoms with Gasteiger partial charge in [0.25, 0.3) is 5.92 Å². The minimum absolute atomic E-state index is 0.229. The first kappa shape index (κ1) is 24.6. The zero-order valence-electron chi connectivity index (χ0n) is 14.5. The summed E-state index contributed by atoms with van der Waals surface area (Å²) in [6.07, 6.45) is 5.88. The fourth-order valence-corrected chi connectivity index (χ4v) is 3.06. The molecule has 0 bridgehead atoms. The Kier molecular flexibility index (Phi) is 16.7. The number of halogens is 3. The number of rotatable bonds is 6. The SMILES string of the molecule is C/C=C\C(=C/CC)CN1CC(OSI)C(F)(F)C1.CC.CC. The van der Waals surface area contributed by atoms with Gasteiger partial charge in [0.05, 0.1) is 15.8 Å². The maximum atomic E-state index is 13.6. The standard InChI is InChI=1S/C12H18F2INOS.2C2H6/c1-3-5-10(6-4-2)7-16-8-11(17-18-15)12(13,14)9-16;2*1-2/h3,5-6,11H,4,7-9H2,1-2H3;2*1-2H3/b5-3-,10-6+;;. The predicted octanol–water partition coefficient (Wildman–Crippen LogP) is 6.29. The number of allylic oxidation sites excluding steroid dienone is 2. The lowest BCUT2D eigenvalue weighted by Crippen LogP contribution is -2.32. The Hall–Kier alpha value is 0.340. The predicted molar refractivity (Wildman–Crippen MR) is 104 cm³/mol. The molecule has 1 aliphatic rings. The maximum Gasteiger partial charge on any atom is 0.288 e. The van der Waals surface area contributed by atoms with Gasteiger partial charge < -0.3 is 0 Å². The molecule has 0 aromatic carbocycles. The first-order valence-corrected chi connectivity index (χ1v) is 11.2. The van der Waals surface area contributed by atoms with E-state index in [9.17, 15) is 8.78 Å². The average Bonchev–Trinajstić information content (AvgIpc) is 2.78. The second-order valence-corrected chi connectivity index (χ2v) is 5.66. The highest BCUT2D eigenvalue weighted by Gasteiger charge is 2.49. The molecule has 0 saturated carbocycles. The van der Waals surface area contributed by atoms with E-state index in [4.69, 9.17) is 4.18 Å². The van der Waals surface area contributed by atoms with Crippen molar-refractivity contribution in [3.8, 4) is 0 Å². The Balaban J connectivity index is 0. The lowest BCUT2D eigenvalue weighted by atomic mass is 10.2. The smallest absolute Gasteiger partial charge is 0.288 e. The molecule has 0 aromatic heterocycles. The molecule has 0 N–H and O–H groups in total. The maximum absolute atomic E-state index is 13.6. The molecule has 1 heterocycles. The van der Waals surface area contributed by atoms with Crippen LogP contribution in [0.15, 0.2) is 23.8 Å². The van der Waals surface area contributed by atoms with Crippen molar-refractivity contribution in [2.75, 3.05) is 19.6 Å². The van der Waals surface area contributed by atoms with Crippen molar-refractivity contribution >= 4 is 30.4 Å². The van der Waals surface area contributed by atoms with Crippen LogP contribution < -0.4 is 0 Å². The highest BCUT2D eigenvalue weighted by Crippen LogP contribution is 2.34. The van der Waals surface area contributed by atoms with Crippen LogP contribution in [0, 0.1) is 0 Å². The van der Waals surface area contributed by atoms with Gasteiger partial charge in [0.2, 0.25) is 0 Å². The van der Waals surface area contributed by atoms with E-state index in [1.807, 2.05) is 74.9 Å². The Morgan fingerprint density at radius 2 is 1.95 bits per heavy atom. The number of likely N-dealkylation sites (tertiary alicyclic amines) is 1. The number of hydrogen-bond donors (Lipinski definition) is 0. The molecular formula is C16H30F2INOS. The molecule has 1 unspecified atom stereocenters. The van der Waals surface area contributed by atoms with Gasteiger partial charge in [-0.05, 0) is 18.9 Å². The van der Waals surface area contributed by atoms with Crippen LogP contribution in [0.4, 0.5) is 8.78 Å². The van der Waals surface area contributed by atoms with Gasteiger partial charge in [-0.3, -0.25) is 9.08 Å². The fourth-order valence-electron chi connectivity index (χ4n) is 2.02. The van der Waals surface area contributed by atoms with Crippen molar-refractivity contribution in [1.29, 1.82) is 0 Å². The van der Waals surface area contributed by atoms with Gasteiger partial charge in [0.1, 0.15) is 0 Å². The topological polar surface area (TPSA) is 12.5 Å². The first-order valence-electron chi connectivity index (χ1n) is 7.89. The molecule has 0 spiro atoms. The van der Waals surface area contributed by atoms with E-state index >= 15 is 0 Å². The van der Waals surface area contributed by atoms with Crippen molar-refractivity contribution in [1.82, 2.24) is 4.90 Å². The zero-order chi connectivity index (χ0) is 17.6. The summed E-state index contributed by atoms with van der Waals surface area (Å²) in [5.74, 6) is -2.76. The molecular weight excluding hydrogens is 419 g/mol. The van der Waals surface area contributed by atoms with Crippen molar-refractivity contribution in [3.63, 3.8) is 0 Å². The molecule has 0 aliphatic carbocycles. The van der Waals surface area contributed by atoms with Crippen LogP contribution in [0.1, 0.15) is 48.0 Å². The highest BCUT2D eigenvalue weighted by atomic mass is 127. The largest absolute Gasteiger partial charge is 0.294 e. The molecule has 1 fully saturated rings. The molecule has 22 heavy (non-hydrogen) atoms. The molecule has 2 nitrogen and oxygen atoms in total. The van der Waals surface area contributed by atoms with E-state index in [0.717, 1.165) is 21.2 Å². The van der Waals surface area contributed by atoms with Crippen LogP contribution >= 0.6 is 30.4 Å². The number of alkyl halides is 2. The minimum atomic E-state index is -2.76. The lowest BCUT2D eigenvalue weighted by molar-refractivity contribution is -0.0545. The van der Waals surface area contributed by atoms with Crippen LogP contribution in [0.25, 0.3) is 0 Å². The monoisotopic (exact) mass is 449 g/mol. The third kappa shape index (κ3) is 9.47. The summed E-state index contributed by atoms with van der Waals surface area (Å²) in [6, 6.07) is 0. The summed E-state index contributed by atoms with van der Waals surface area (Å²) in [4.78, 5) is 1.75. The van der Waals surface area contributed by atoms with Gasteiger partial charge in [-0.1, -0.05) is 52.8 Å². The van der Waals surface area contributed by atoms with Crippen molar-refractivity contribution in [2.24, 2.45) is 0 Å². The van der Waals surface area contributed by atoms with Crippen molar-refractivity contribution in [2.45, 2.75) is 60.0 Å². The van der Waals surface area contributed by atoms with Gasteiger partial charge in [-0.2, -0.15) is 0 Å². The fraction of sp³-hybridized carbons (Fsp3) is 0.750. The summed E-state index contributed by atoms with van der Waals surface area (Å²) < 4.78 is 32.3. The van der Waals surface area contributed by atoms with Gasteiger partial charge in [0.15, 0.2) is 6.10 Å². The zero-order valence-corrected chi connectivity index (χ0v) is 17.5. The third-order valence-electron chi connectivity index (χ3n) is 2.74. The summed E-state index contributed by atoms with van der Waals surface area (Å²) >= 11 is 1.87. The quantitative estimate of drug-likeness (QED) is 0.269. The Morgan fingerprint density at radius 3 is 2.41 bits per heavy atom. The van der Waals surface area contributed by atoms with E-state index in [1.165, 1.54) is 0 Å². The molecule has 1 saturated heterocycles. The minimum Gasteiger partial charge on any atom is -0.294 e. The molecule has 0 radical (unpaired) electrons. The van der Waals surface area contributed by atoms with E-state index in [0.29, 0.717) is 6.54 Å². The lowest BCUT2D eigenvalue weighted by Gasteiger charge is -2.15. The molecule has 6 heteroatoms. The van der Waals surface area contributed by atoms with Gasteiger partial charge in [0, 0.05) is 34.3 Å². The van der Waals surface area contributed by atoms with E-state index < -0.39 is 12.0 Å². The van der Waals surface area contributed by atoms with Gasteiger partial charge in [-0.15, -0.1) is 0 Å². The second-order valence-electron chi connectivity index (χ2n) is 4.27. The summed E-state index contributed by atoms with van der Waals surface area (Å²) in [7, 11) is 0.977.